The van der Waals surface area contributed by atoms with E-state index in [4.69, 9.17) is 5.73 Å². The van der Waals surface area contributed by atoms with Crippen molar-refractivity contribution in [3.05, 3.63) is 41.5 Å². The van der Waals surface area contributed by atoms with Crippen LogP contribution in [0.4, 0.5) is 0 Å². The molecule has 2 heteroatoms. The number of aryl methyl sites for hydroxylation is 1. The molecule has 68 valence electrons. The summed E-state index contributed by atoms with van der Waals surface area (Å²) in [6, 6.07) is 8.01. The van der Waals surface area contributed by atoms with Crippen LogP contribution in [-0.2, 0) is 11.2 Å². The van der Waals surface area contributed by atoms with E-state index in [2.05, 4.69) is 13.0 Å². The molecule has 1 rings (SSSR count). The molecule has 1 amide bonds. The molecular formula is C11H13NO. The zero-order valence-corrected chi connectivity index (χ0v) is 7.66. The van der Waals surface area contributed by atoms with Crippen LogP contribution in [0.2, 0.25) is 0 Å². The number of carbonyl (C=O) groups excluding carboxylic acids is 1. The molecule has 0 unspecified atom stereocenters. The summed E-state index contributed by atoms with van der Waals surface area (Å²) >= 11 is 0. The third-order valence-corrected chi connectivity index (χ3v) is 1.80. The fourth-order valence-corrected chi connectivity index (χ4v) is 1.10. The zero-order chi connectivity index (χ0) is 9.68. The average molecular weight is 175 g/mol. The first-order chi connectivity index (χ1) is 6.22. The minimum absolute atomic E-state index is 0.415. The number of carbonyl (C=O) groups is 1. The molecule has 1 aromatic rings. The van der Waals surface area contributed by atoms with Crippen molar-refractivity contribution in [1.82, 2.24) is 0 Å². The highest BCUT2D eigenvalue weighted by Crippen LogP contribution is 2.07. The molecule has 0 aromatic heterocycles. The van der Waals surface area contributed by atoms with Crippen LogP contribution in [0.1, 0.15) is 18.1 Å². The maximum absolute atomic E-state index is 10.5. The van der Waals surface area contributed by atoms with Crippen LogP contribution in [0.25, 0.3) is 6.08 Å². The summed E-state index contributed by atoms with van der Waals surface area (Å²) in [6.07, 6.45) is 4.09. The van der Waals surface area contributed by atoms with Gasteiger partial charge in [-0.3, -0.25) is 4.79 Å². The minimum atomic E-state index is -0.415. The highest BCUT2D eigenvalue weighted by atomic mass is 16.1. The number of primary amides is 1. The zero-order valence-electron chi connectivity index (χ0n) is 7.66. The average Bonchev–Trinajstić information content (AvgIpc) is 2.15. The molecule has 0 bridgehead atoms. The Hall–Kier alpha value is -1.57. The van der Waals surface area contributed by atoms with E-state index in [0.717, 1.165) is 12.0 Å². The van der Waals surface area contributed by atoms with Gasteiger partial charge in [-0.25, -0.2) is 0 Å². The van der Waals surface area contributed by atoms with Crippen molar-refractivity contribution < 1.29 is 4.79 Å². The second kappa shape index (κ2) is 4.45. The van der Waals surface area contributed by atoms with E-state index in [1.807, 2.05) is 18.2 Å². The largest absolute Gasteiger partial charge is 0.366 e. The van der Waals surface area contributed by atoms with Crippen LogP contribution < -0.4 is 5.73 Å². The van der Waals surface area contributed by atoms with Gasteiger partial charge in [-0.15, -0.1) is 0 Å². The van der Waals surface area contributed by atoms with Crippen molar-refractivity contribution in [2.75, 3.05) is 0 Å². The van der Waals surface area contributed by atoms with Crippen LogP contribution >= 0.6 is 0 Å². The lowest BCUT2D eigenvalue weighted by molar-refractivity contribution is -0.113. The van der Waals surface area contributed by atoms with Crippen molar-refractivity contribution in [2.24, 2.45) is 5.73 Å². The number of hydrogen-bond donors (Lipinski definition) is 1. The van der Waals surface area contributed by atoms with E-state index < -0.39 is 5.91 Å². The molecule has 2 N–H and O–H groups in total. The predicted molar refractivity (Wildman–Crippen MR) is 54.0 cm³/mol. The molecule has 0 aliphatic rings. The molecule has 0 radical (unpaired) electrons. The molecule has 0 saturated heterocycles. The molecule has 1 aromatic carbocycles. The lowest BCUT2D eigenvalue weighted by Crippen LogP contribution is -2.05. The highest BCUT2D eigenvalue weighted by molar-refractivity contribution is 5.90. The number of rotatable bonds is 3. The summed E-state index contributed by atoms with van der Waals surface area (Å²) in [5, 5.41) is 0. The minimum Gasteiger partial charge on any atom is -0.366 e. The summed E-state index contributed by atoms with van der Waals surface area (Å²) in [7, 11) is 0. The summed E-state index contributed by atoms with van der Waals surface area (Å²) in [5.41, 5.74) is 7.25. The van der Waals surface area contributed by atoms with Crippen LogP contribution in [0.3, 0.4) is 0 Å². The Labute approximate surface area is 78.1 Å². The second-order valence-electron chi connectivity index (χ2n) is 2.83. The molecule has 2 nitrogen and oxygen atoms in total. The van der Waals surface area contributed by atoms with Gasteiger partial charge in [0, 0.05) is 6.08 Å². The second-order valence-corrected chi connectivity index (χ2v) is 2.83. The van der Waals surface area contributed by atoms with Crippen LogP contribution in [0.5, 0.6) is 0 Å². The fraction of sp³-hybridized carbons (Fsp3) is 0.182. The quantitative estimate of drug-likeness (QED) is 0.699. The van der Waals surface area contributed by atoms with Crippen LogP contribution in [-0.4, -0.2) is 5.91 Å². The van der Waals surface area contributed by atoms with E-state index in [1.54, 1.807) is 6.08 Å². The SMILES string of the molecule is CCc1cccc(/C=C/C(N)=O)c1. The fourth-order valence-electron chi connectivity index (χ4n) is 1.10. The molecule has 0 aliphatic heterocycles. The number of benzene rings is 1. The molecule has 0 saturated carbocycles. The Morgan fingerprint density at radius 3 is 2.92 bits per heavy atom. The topological polar surface area (TPSA) is 43.1 Å². The molecular weight excluding hydrogens is 162 g/mol. The van der Waals surface area contributed by atoms with Crippen molar-refractivity contribution >= 4 is 12.0 Å². The van der Waals surface area contributed by atoms with Gasteiger partial charge in [-0.2, -0.15) is 0 Å². The van der Waals surface area contributed by atoms with E-state index in [9.17, 15) is 4.79 Å². The van der Waals surface area contributed by atoms with Gasteiger partial charge in [0.05, 0.1) is 0 Å². The van der Waals surface area contributed by atoms with Gasteiger partial charge in [-0.1, -0.05) is 31.2 Å². The van der Waals surface area contributed by atoms with Crippen LogP contribution in [0, 0.1) is 0 Å². The lowest BCUT2D eigenvalue weighted by atomic mass is 10.1. The van der Waals surface area contributed by atoms with Crippen molar-refractivity contribution in [3.8, 4) is 0 Å². The molecule has 13 heavy (non-hydrogen) atoms. The number of hydrogen-bond acceptors (Lipinski definition) is 1. The van der Waals surface area contributed by atoms with E-state index in [1.165, 1.54) is 11.6 Å². The third kappa shape index (κ3) is 3.11. The van der Waals surface area contributed by atoms with Gasteiger partial charge in [0.25, 0.3) is 0 Å². The Kier molecular flexibility index (Phi) is 3.26. The van der Waals surface area contributed by atoms with E-state index >= 15 is 0 Å². The van der Waals surface area contributed by atoms with E-state index in [-0.39, 0.29) is 0 Å². The number of amides is 1. The maximum Gasteiger partial charge on any atom is 0.241 e. The van der Waals surface area contributed by atoms with Crippen LogP contribution in [0.15, 0.2) is 30.3 Å². The lowest BCUT2D eigenvalue weighted by Gasteiger charge is -1.97. The van der Waals surface area contributed by atoms with Crippen molar-refractivity contribution in [2.45, 2.75) is 13.3 Å². The summed E-state index contributed by atoms with van der Waals surface area (Å²) < 4.78 is 0. The number of nitrogens with two attached hydrogens (primary N) is 1. The summed E-state index contributed by atoms with van der Waals surface area (Å²) in [4.78, 5) is 10.5. The molecule has 0 heterocycles. The van der Waals surface area contributed by atoms with Gasteiger partial charge in [0.2, 0.25) is 5.91 Å². The Bertz CT molecular complexity index is 329. The first-order valence-electron chi connectivity index (χ1n) is 4.29. The highest BCUT2D eigenvalue weighted by Gasteiger charge is 1.90. The smallest absolute Gasteiger partial charge is 0.241 e. The summed E-state index contributed by atoms with van der Waals surface area (Å²) in [5.74, 6) is -0.415. The third-order valence-electron chi connectivity index (χ3n) is 1.80. The molecule has 0 fully saturated rings. The Balaban J connectivity index is 2.83. The van der Waals surface area contributed by atoms with E-state index in [0.29, 0.717) is 0 Å². The van der Waals surface area contributed by atoms with Crippen molar-refractivity contribution in [1.29, 1.82) is 0 Å². The predicted octanol–water partition coefficient (Wildman–Crippen LogP) is 1.75. The van der Waals surface area contributed by atoms with Gasteiger partial charge >= 0.3 is 0 Å². The molecule has 0 aliphatic carbocycles. The molecule has 0 spiro atoms. The van der Waals surface area contributed by atoms with Gasteiger partial charge < -0.3 is 5.73 Å². The van der Waals surface area contributed by atoms with Crippen molar-refractivity contribution in [3.63, 3.8) is 0 Å². The first-order valence-corrected chi connectivity index (χ1v) is 4.29. The van der Waals surface area contributed by atoms with Gasteiger partial charge in [0.1, 0.15) is 0 Å². The van der Waals surface area contributed by atoms with Gasteiger partial charge in [0.15, 0.2) is 0 Å². The van der Waals surface area contributed by atoms with Gasteiger partial charge in [-0.05, 0) is 23.6 Å². The Morgan fingerprint density at radius 2 is 2.31 bits per heavy atom. The first kappa shape index (κ1) is 9.52. The Morgan fingerprint density at radius 1 is 1.54 bits per heavy atom. The maximum atomic E-state index is 10.5. The standard InChI is InChI=1S/C11H13NO/c1-2-9-4-3-5-10(8-9)6-7-11(12)13/h3-8H,2H2,1H3,(H2,12,13)/b7-6+. The monoisotopic (exact) mass is 175 g/mol. The normalized spacial score (nSPS) is 10.5. The summed E-state index contributed by atoms with van der Waals surface area (Å²) in [6.45, 7) is 2.09. The molecule has 0 atom stereocenters.